The van der Waals surface area contributed by atoms with Gasteiger partial charge in [-0.05, 0) is 0 Å². The zero-order valence-corrected chi connectivity index (χ0v) is 7.26. The Morgan fingerprint density at radius 3 is 2.69 bits per heavy atom. The van der Waals surface area contributed by atoms with Gasteiger partial charge in [-0.2, -0.15) is 0 Å². The van der Waals surface area contributed by atoms with Crippen LogP contribution in [-0.4, -0.2) is 30.8 Å². The topological polar surface area (TPSA) is 86.5 Å². The first-order valence-electron chi connectivity index (χ1n) is 3.74. The fraction of sp³-hybridized carbons (Fsp3) is 0.714. The number of esters is 1. The Kier molecular flexibility index (Phi) is 5.42. The number of aldehydes is 1. The number of carbonyl (C=O) groups excluding carboxylic acids is 2. The van der Waals surface area contributed by atoms with Crippen molar-refractivity contribution in [3.05, 3.63) is 10.1 Å². The van der Waals surface area contributed by atoms with E-state index in [2.05, 4.69) is 4.74 Å². The Labute approximate surface area is 75.0 Å². The molecule has 0 aromatic heterocycles. The summed E-state index contributed by atoms with van der Waals surface area (Å²) in [4.78, 5) is 30.4. The fourth-order valence-electron chi connectivity index (χ4n) is 0.787. The molecule has 0 aliphatic heterocycles. The zero-order valence-electron chi connectivity index (χ0n) is 7.26. The summed E-state index contributed by atoms with van der Waals surface area (Å²) in [5.74, 6) is -1.14. The van der Waals surface area contributed by atoms with Gasteiger partial charge in [-0.1, -0.05) is 0 Å². The molecule has 0 saturated carbocycles. The molecule has 0 bridgehead atoms. The summed E-state index contributed by atoms with van der Waals surface area (Å²) in [6.45, 7) is -0.305. The van der Waals surface area contributed by atoms with Crippen molar-refractivity contribution in [2.45, 2.75) is 12.8 Å². The molecule has 0 aromatic rings. The lowest BCUT2D eigenvalue weighted by Gasteiger charge is -2.04. The lowest BCUT2D eigenvalue weighted by atomic mass is 10.0. The van der Waals surface area contributed by atoms with E-state index < -0.39 is 16.8 Å². The van der Waals surface area contributed by atoms with Crippen LogP contribution >= 0.6 is 0 Å². The third kappa shape index (κ3) is 5.77. The Bertz CT molecular complexity index is 203. The summed E-state index contributed by atoms with van der Waals surface area (Å²) in [6, 6.07) is 0. The van der Waals surface area contributed by atoms with Crippen molar-refractivity contribution in [2.24, 2.45) is 5.92 Å². The lowest BCUT2D eigenvalue weighted by Crippen LogP contribution is -2.15. The van der Waals surface area contributed by atoms with Crippen LogP contribution < -0.4 is 0 Å². The van der Waals surface area contributed by atoms with Crippen molar-refractivity contribution in [3.8, 4) is 0 Å². The van der Waals surface area contributed by atoms with Gasteiger partial charge in [-0.15, -0.1) is 0 Å². The Morgan fingerprint density at radius 2 is 2.31 bits per heavy atom. The first-order chi connectivity index (χ1) is 6.10. The lowest BCUT2D eigenvalue weighted by molar-refractivity contribution is -0.481. The van der Waals surface area contributed by atoms with Crippen molar-refractivity contribution >= 4 is 12.3 Å². The molecule has 0 fully saturated rings. The molecule has 0 saturated heterocycles. The van der Waals surface area contributed by atoms with Gasteiger partial charge in [0.1, 0.15) is 6.29 Å². The van der Waals surface area contributed by atoms with E-state index in [1.807, 2.05) is 0 Å². The second-order valence-electron chi connectivity index (χ2n) is 2.52. The zero-order chi connectivity index (χ0) is 10.3. The van der Waals surface area contributed by atoms with Gasteiger partial charge in [0.05, 0.1) is 13.5 Å². The van der Waals surface area contributed by atoms with E-state index in [1.165, 1.54) is 7.11 Å². The molecular weight excluding hydrogens is 178 g/mol. The number of hydrogen-bond donors (Lipinski definition) is 0. The van der Waals surface area contributed by atoms with Crippen LogP contribution in [0.5, 0.6) is 0 Å². The molecule has 0 heterocycles. The molecule has 74 valence electrons. The number of methoxy groups -OCH3 is 1. The molecule has 6 heteroatoms. The van der Waals surface area contributed by atoms with Crippen LogP contribution in [0.3, 0.4) is 0 Å². The number of nitrogens with zero attached hydrogens (tertiary/aromatic N) is 1. The van der Waals surface area contributed by atoms with Gasteiger partial charge >= 0.3 is 5.97 Å². The second-order valence-corrected chi connectivity index (χ2v) is 2.52. The van der Waals surface area contributed by atoms with Crippen molar-refractivity contribution in [2.75, 3.05) is 13.7 Å². The van der Waals surface area contributed by atoms with E-state index in [9.17, 15) is 19.7 Å². The van der Waals surface area contributed by atoms with Gasteiger partial charge in [0.2, 0.25) is 6.54 Å². The van der Waals surface area contributed by atoms with Gasteiger partial charge in [-0.25, -0.2) is 0 Å². The van der Waals surface area contributed by atoms with Crippen LogP contribution in [0.1, 0.15) is 12.8 Å². The van der Waals surface area contributed by atoms with Crippen molar-refractivity contribution in [3.63, 3.8) is 0 Å². The molecule has 13 heavy (non-hydrogen) atoms. The van der Waals surface area contributed by atoms with Crippen molar-refractivity contribution in [1.82, 2.24) is 0 Å². The molecule has 1 unspecified atom stereocenters. The van der Waals surface area contributed by atoms with Crippen molar-refractivity contribution in [1.29, 1.82) is 0 Å². The summed E-state index contributed by atoms with van der Waals surface area (Å²) in [5.41, 5.74) is 0. The molecule has 1 atom stereocenters. The van der Waals surface area contributed by atoms with Gasteiger partial charge in [0.15, 0.2) is 0 Å². The van der Waals surface area contributed by atoms with Crippen LogP contribution in [0.4, 0.5) is 0 Å². The standard InChI is InChI=1S/C7H11NO5/c1-13-7(10)4-6(5-9)2-3-8(11)12/h5-6H,2-4H2,1H3. The van der Waals surface area contributed by atoms with Crippen LogP contribution in [-0.2, 0) is 14.3 Å². The Hall–Kier alpha value is -1.46. The normalized spacial score (nSPS) is 11.8. The van der Waals surface area contributed by atoms with E-state index in [4.69, 9.17) is 0 Å². The maximum atomic E-state index is 10.7. The van der Waals surface area contributed by atoms with Crippen LogP contribution in [0.15, 0.2) is 0 Å². The molecule has 0 aliphatic rings. The predicted molar refractivity (Wildman–Crippen MR) is 42.7 cm³/mol. The molecule has 0 N–H and O–H groups in total. The Balaban J connectivity index is 3.82. The number of ether oxygens (including phenoxy) is 1. The molecule has 0 radical (unpaired) electrons. The van der Waals surface area contributed by atoms with Crippen LogP contribution in [0.25, 0.3) is 0 Å². The third-order valence-corrected chi connectivity index (χ3v) is 1.53. The molecule has 0 spiro atoms. The van der Waals surface area contributed by atoms with E-state index in [-0.39, 0.29) is 19.4 Å². The number of rotatable bonds is 6. The number of carbonyl (C=O) groups is 2. The molecule has 0 aromatic carbocycles. The highest BCUT2D eigenvalue weighted by Gasteiger charge is 2.15. The first kappa shape index (κ1) is 11.5. The second kappa shape index (κ2) is 6.10. The maximum absolute atomic E-state index is 10.7. The van der Waals surface area contributed by atoms with E-state index in [0.29, 0.717) is 6.29 Å². The van der Waals surface area contributed by atoms with E-state index >= 15 is 0 Å². The molecule has 6 nitrogen and oxygen atoms in total. The number of hydrogen-bond acceptors (Lipinski definition) is 5. The molecule has 0 rings (SSSR count). The average Bonchev–Trinajstić information content (AvgIpc) is 2.11. The monoisotopic (exact) mass is 189 g/mol. The van der Waals surface area contributed by atoms with Gasteiger partial charge in [0.25, 0.3) is 0 Å². The van der Waals surface area contributed by atoms with E-state index in [1.54, 1.807) is 0 Å². The average molecular weight is 189 g/mol. The highest BCUT2D eigenvalue weighted by Crippen LogP contribution is 2.06. The predicted octanol–water partition coefficient (Wildman–Crippen LogP) is 0.0314. The summed E-state index contributed by atoms with van der Waals surface area (Å²) >= 11 is 0. The van der Waals surface area contributed by atoms with Gasteiger partial charge in [-0.3, -0.25) is 14.9 Å². The summed E-state index contributed by atoms with van der Waals surface area (Å²) < 4.78 is 4.32. The summed E-state index contributed by atoms with van der Waals surface area (Å²) in [5, 5.41) is 9.95. The molecule has 0 aliphatic carbocycles. The molecular formula is C7H11NO5. The Morgan fingerprint density at radius 1 is 1.69 bits per heavy atom. The van der Waals surface area contributed by atoms with Crippen LogP contribution in [0, 0.1) is 16.0 Å². The van der Waals surface area contributed by atoms with Crippen molar-refractivity contribution < 1.29 is 19.2 Å². The quantitative estimate of drug-likeness (QED) is 0.254. The first-order valence-corrected chi connectivity index (χ1v) is 3.74. The summed E-state index contributed by atoms with van der Waals surface area (Å²) in [6.07, 6.45) is 0.528. The van der Waals surface area contributed by atoms with Gasteiger partial charge in [0, 0.05) is 17.3 Å². The minimum absolute atomic E-state index is 0.0750. The largest absolute Gasteiger partial charge is 0.469 e. The minimum atomic E-state index is -0.613. The number of nitro groups is 1. The summed E-state index contributed by atoms with van der Waals surface area (Å²) in [7, 11) is 1.21. The van der Waals surface area contributed by atoms with Gasteiger partial charge < -0.3 is 9.53 Å². The highest BCUT2D eigenvalue weighted by atomic mass is 16.6. The molecule has 0 amide bonds. The highest BCUT2D eigenvalue weighted by molar-refractivity contribution is 5.73. The maximum Gasteiger partial charge on any atom is 0.306 e. The SMILES string of the molecule is COC(=O)CC(C=O)CC[N+](=O)[O-]. The smallest absolute Gasteiger partial charge is 0.306 e. The third-order valence-electron chi connectivity index (χ3n) is 1.53. The minimum Gasteiger partial charge on any atom is -0.469 e. The fourth-order valence-corrected chi connectivity index (χ4v) is 0.787. The van der Waals surface area contributed by atoms with E-state index in [0.717, 1.165) is 0 Å². The van der Waals surface area contributed by atoms with Crippen LogP contribution in [0.2, 0.25) is 0 Å².